The summed E-state index contributed by atoms with van der Waals surface area (Å²) in [6.45, 7) is 7.08. The van der Waals surface area contributed by atoms with Crippen LogP contribution in [0.4, 0.5) is 10.1 Å². The predicted octanol–water partition coefficient (Wildman–Crippen LogP) is 6.82. The van der Waals surface area contributed by atoms with Crippen molar-refractivity contribution >= 4 is 22.5 Å². The number of halogens is 1. The maximum atomic E-state index is 14.2. The first-order valence-electron chi connectivity index (χ1n) is 11.8. The number of alkyl halides is 1. The van der Waals surface area contributed by atoms with Crippen LogP contribution in [-0.2, 0) is 5.67 Å². The lowest BCUT2D eigenvalue weighted by Gasteiger charge is -2.21. The third-order valence-corrected chi connectivity index (χ3v) is 5.63. The Morgan fingerprint density at radius 3 is 2.55 bits per heavy atom. The Morgan fingerprint density at radius 1 is 1.21 bits per heavy atom. The molecule has 33 heavy (non-hydrogen) atoms. The Balaban J connectivity index is 0.000000968. The van der Waals surface area contributed by atoms with E-state index in [2.05, 4.69) is 24.1 Å². The Bertz CT molecular complexity index is 1080. The minimum Gasteiger partial charge on any atom is -0.494 e. The zero-order chi connectivity index (χ0) is 24.0. The summed E-state index contributed by atoms with van der Waals surface area (Å²) in [5, 5.41) is 8.52. The van der Waals surface area contributed by atoms with Crippen molar-refractivity contribution in [3.8, 4) is 5.75 Å². The minimum absolute atomic E-state index is 0.151. The fraction of sp³-hybridized carbons (Fsp3) is 0.500. The number of anilines is 1. The normalized spacial score (nSPS) is 14.5. The smallest absolute Gasteiger partial charge is 0.274 e. The second kappa shape index (κ2) is 10.8. The van der Waals surface area contributed by atoms with Gasteiger partial charge in [-0.2, -0.15) is 5.10 Å². The average molecular weight is 455 g/mol. The summed E-state index contributed by atoms with van der Waals surface area (Å²) in [6.07, 6.45) is 9.31. The van der Waals surface area contributed by atoms with Crippen molar-refractivity contribution in [2.24, 2.45) is 0 Å². The molecule has 178 valence electrons. The van der Waals surface area contributed by atoms with Crippen molar-refractivity contribution < 1.29 is 13.9 Å². The molecule has 0 atom stereocenters. The fourth-order valence-corrected chi connectivity index (χ4v) is 3.95. The SMILES string of the molecule is CCC.COc1cc2nn(C3CCCCC3)cc2cc1NC(=O)c1cccc(C(C)(C)F)n1. The highest BCUT2D eigenvalue weighted by molar-refractivity contribution is 6.05. The van der Waals surface area contributed by atoms with Gasteiger partial charge in [0, 0.05) is 17.6 Å². The summed E-state index contributed by atoms with van der Waals surface area (Å²) in [5.41, 5.74) is 0.102. The van der Waals surface area contributed by atoms with Crippen LogP contribution in [0.25, 0.3) is 10.9 Å². The van der Waals surface area contributed by atoms with Gasteiger partial charge >= 0.3 is 0 Å². The lowest BCUT2D eigenvalue weighted by Crippen LogP contribution is -2.18. The Morgan fingerprint density at radius 2 is 1.91 bits per heavy atom. The number of hydrogen-bond donors (Lipinski definition) is 1. The molecule has 1 N–H and O–H groups in total. The molecule has 1 aliphatic rings. The topological polar surface area (TPSA) is 69.0 Å². The van der Waals surface area contributed by atoms with E-state index in [1.165, 1.54) is 39.5 Å². The number of ether oxygens (including phenoxy) is 1. The number of rotatable bonds is 5. The molecule has 1 aromatic carbocycles. The van der Waals surface area contributed by atoms with E-state index in [0.29, 0.717) is 17.5 Å². The van der Waals surface area contributed by atoms with Crippen LogP contribution in [0.5, 0.6) is 5.75 Å². The lowest BCUT2D eigenvalue weighted by atomic mass is 9.96. The third-order valence-electron chi connectivity index (χ3n) is 5.63. The number of amides is 1. The first-order valence-corrected chi connectivity index (χ1v) is 11.8. The molecule has 1 aliphatic carbocycles. The second-order valence-corrected chi connectivity index (χ2v) is 9.05. The molecule has 7 heteroatoms. The highest BCUT2D eigenvalue weighted by Crippen LogP contribution is 2.33. The van der Waals surface area contributed by atoms with Gasteiger partial charge in [-0.1, -0.05) is 45.6 Å². The van der Waals surface area contributed by atoms with Crippen molar-refractivity contribution in [1.29, 1.82) is 0 Å². The van der Waals surface area contributed by atoms with Gasteiger partial charge < -0.3 is 10.1 Å². The highest BCUT2D eigenvalue weighted by atomic mass is 19.1. The number of hydrogen-bond acceptors (Lipinski definition) is 4. The fourth-order valence-electron chi connectivity index (χ4n) is 3.95. The standard InChI is InChI=1S/C23H27FN4O2.C3H8/c1-23(2,24)21-11-7-10-17(25-21)22(29)26-19-12-15-14-28(16-8-5-4-6-9-16)27-18(15)13-20(19)30-3;1-3-2/h7,10-14,16H,4-6,8-9H2,1-3H3,(H,26,29);3H2,1-2H3. The second-order valence-electron chi connectivity index (χ2n) is 9.05. The summed E-state index contributed by atoms with van der Waals surface area (Å²) in [6, 6.07) is 8.89. The van der Waals surface area contributed by atoms with Gasteiger partial charge in [0.2, 0.25) is 0 Å². The van der Waals surface area contributed by atoms with Gasteiger partial charge in [0.1, 0.15) is 17.1 Å². The van der Waals surface area contributed by atoms with Crippen LogP contribution in [0.3, 0.4) is 0 Å². The van der Waals surface area contributed by atoms with Crippen molar-refractivity contribution in [1.82, 2.24) is 14.8 Å². The van der Waals surface area contributed by atoms with Gasteiger partial charge in [-0.05, 0) is 44.9 Å². The summed E-state index contributed by atoms with van der Waals surface area (Å²) in [7, 11) is 1.56. The molecule has 6 nitrogen and oxygen atoms in total. The van der Waals surface area contributed by atoms with Crippen molar-refractivity contribution in [2.45, 2.75) is 77.9 Å². The van der Waals surface area contributed by atoms with E-state index in [1.54, 1.807) is 25.3 Å². The highest BCUT2D eigenvalue weighted by Gasteiger charge is 2.23. The number of benzene rings is 1. The third kappa shape index (κ3) is 6.09. The summed E-state index contributed by atoms with van der Waals surface area (Å²) < 4.78 is 21.7. The van der Waals surface area contributed by atoms with Crippen molar-refractivity contribution in [3.05, 3.63) is 47.9 Å². The first-order chi connectivity index (χ1) is 15.8. The number of nitrogens with one attached hydrogen (secondary N) is 1. The van der Waals surface area contributed by atoms with Gasteiger partial charge in [0.05, 0.1) is 30.0 Å². The molecule has 0 radical (unpaired) electrons. The van der Waals surface area contributed by atoms with Crippen LogP contribution in [0.2, 0.25) is 0 Å². The zero-order valence-electron chi connectivity index (χ0n) is 20.3. The molecule has 2 aromatic heterocycles. The van der Waals surface area contributed by atoms with E-state index in [1.807, 2.05) is 23.0 Å². The minimum atomic E-state index is -1.62. The zero-order valence-corrected chi connectivity index (χ0v) is 20.3. The lowest BCUT2D eigenvalue weighted by molar-refractivity contribution is 0.102. The van der Waals surface area contributed by atoms with Crippen LogP contribution in [-0.4, -0.2) is 27.8 Å². The van der Waals surface area contributed by atoms with Gasteiger partial charge in [0.15, 0.2) is 0 Å². The molecule has 0 saturated heterocycles. The molecule has 4 rings (SSSR count). The van der Waals surface area contributed by atoms with E-state index < -0.39 is 11.6 Å². The monoisotopic (exact) mass is 454 g/mol. The van der Waals surface area contributed by atoms with Gasteiger partial charge in [-0.3, -0.25) is 9.48 Å². The molecule has 1 saturated carbocycles. The van der Waals surface area contributed by atoms with Crippen molar-refractivity contribution in [2.75, 3.05) is 12.4 Å². The quantitative estimate of drug-likeness (QED) is 0.459. The predicted molar refractivity (Wildman–Crippen MR) is 131 cm³/mol. The summed E-state index contributed by atoms with van der Waals surface area (Å²) in [4.78, 5) is 17.0. The van der Waals surface area contributed by atoms with Crippen molar-refractivity contribution in [3.63, 3.8) is 0 Å². The van der Waals surface area contributed by atoms with Crippen LogP contribution in [0, 0.1) is 0 Å². The molecular weight excluding hydrogens is 419 g/mol. The Labute approximate surface area is 195 Å². The average Bonchev–Trinajstić information content (AvgIpc) is 3.22. The molecule has 2 heterocycles. The van der Waals surface area contributed by atoms with Crippen LogP contribution in [0.1, 0.15) is 88.4 Å². The first kappa shape index (κ1) is 24.7. The molecule has 0 spiro atoms. The Kier molecular flexibility index (Phi) is 8.06. The number of carbonyl (C=O) groups excluding carboxylic acids is 1. The number of aromatic nitrogens is 3. The van der Waals surface area contributed by atoms with Crippen LogP contribution < -0.4 is 10.1 Å². The Hall–Kier alpha value is -2.96. The van der Waals surface area contributed by atoms with E-state index in [-0.39, 0.29) is 11.4 Å². The van der Waals surface area contributed by atoms with E-state index in [4.69, 9.17) is 9.84 Å². The molecule has 3 aromatic rings. The number of nitrogens with zero attached hydrogens (tertiary/aromatic N) is 3. The molecule has 1 fully saturated rings. The van der Waals surface area contributed by atoms with Crippen LogP contribution >= 0.6 is 0 Å². The van der Waals surface area contributed by atoms with E-state index in [0.717, 1.165) is 23.7 Å². The molecule has 0 aliphatic heterocycles. The number of methoxy groups -OCH3 is 1. The van der Waals surface area contributed by atoms with Gasteiger partial charge in [-0.25, -0.2) is 9.37 Å². The number of pyridine rings is 1. The maximum absolute atomic E-state index is 14.2. The maximum Gasteiger partial charge on any atom is 0.274 e. The van der Waals surface area contributed by atoms with Crippen LogP contribution in [0.15, 0.2) is 36.5 Å². The summed E-state index contributed by atoms with van der Waals surface area (Å²) in [5.74, 6) is 0.102. The molecule has 1 amide bonds. The number of carbonyl (C=O) groups is 1. The van der Waals surface area contributed by atoms with E-state index >= 15 is 0 Å². The van der Waals surface area contributed by atoms with Gasteiger partial charge in [-0.15, -0.1) is 0 Å². The molecule has 0 bridgehead atoms. The van der Waals surface area contributed by atoms with E-state index in [9.17, 15) is 9.18 Å². The largest absolute Gasteiger partial charge is 0.494 e. The molecular formula is C26H35FN4O2. The molecule has 0 unspecified atom stereocenters. The number of fused-ring (bicyclic) bond motifs is 1. The summed E-state index contributed by atoms with van der Waals surface area (Å²) >= 11 is 0. The van der Waals surface area contributed by atoms with Gasteiger partial charge in [0.25, 0.3) is 5.91 Å².